The minimum atomic E-state index is -0.876. The Morgan fingerprint density at radius 1 is 1.22 bits per heavy atom. The maximum atomic E-state index is 11.8. The molecule has 140 valence electrons. The van der Waals surface area contributed by atoms with Crippen molar-refractivity contribution < 1.29 is 19.4 Å². The van der Waals surface area contributed by atoms with Gasteiger partial charge in [-0.1, -0.05) is 36.4 Å². The third kappa shape index (κ3) is 5.71. The second kappa shape index (κ2) is 9.76. The molecular weight excluding hydrogens is 346 g/mol. The molecule has 0 bridgehead atoms. The quantitative estimate of drug-likeness (QED) is 0.301. The molecule has 27 heavy (non-hydrogen) atoms. The summed E-state index contributed by atoms with van der Waals surface area (Å²) in [7, 11) is 1.44. The summed E-state index contributed by atoms with van der Waals surface area (Å²) in [6.45, 7) is 3.89. The Morgan fingerprint density at radius 3 is 2.63 bits per heavy atom. The summed E-state index contributed by atoms with van der Waals surface area (Å²) in [6.07, 6.45) is 3.45. The van der Waals surface area contributed by atoms with Crippen molar-refractivity contribution in [2.24, 2.45) is 5.10 Å². The Balaban J connectivity index is 1.95. The lowest BCUT2D eigenvalue weighted by Crippen LogP contribution is -2.37. The van der Waals surface area contributed by atoms with Crippen LogP contribution in [0, 0.1) is 0 Å². The van der Waals surface area contributed by atoms with Crippen molar-refractivity contribution in [1.29, 1.82) is 0 Å². The van der Waals surface area contributed by atoms with Crippen LogP contribution >= 0.6 is 0 Å². The summed E-state index contributed by atoms with van der Waals surface area (Å²) in [6, 6.07) is 12.5. The van der Waals surface area contributed by atoms with Gasteiger partial charge in [0.1, 0.15) is 0 Å². The highest BCUT2D eigenvalue weighted by molar-refractivity contribution is 6.35. The Morgan fingerprint density at radius 2 is 1.96 bits per heavy atom. The molecule has 0 heterocycles. The number of rotatable bonds is 7. The van der Waals surface area contributed by atoms with Crippen molar-refractivity contribution in [3.05, 3.63) is 71.8 Å². The first-order valence-electron chi connectivity index (χ1n) is 8.21. The number of nitrogens with zero attached hydrogens (tertiary/aromatic N) is 1. The molecule has 0 aliphatic rings. The highest BCUT2D eigenvalue weighted by Gasteiger charge is 2.12. The first kappa shape index (κ1) is 19.7. The monoisotopic (exact) mass is 367 g/mol. The van der Waals surface area contributed by atoms with Crippen molar-refractivity contribution in [1.82, 2.24) is 10.7 Å². The lowest BCUT2D eigenvalue weighted by atomic mass is 10.1. The highest BCUT2D eigenvalue weighted by atomic mass is 16.5. The van der Waals surface area contributed by atoms with Gasteiger partial charge < -0.3 is 15.2 Å². The molecule has 2 amide bonds. The number of carbonyl (C=O) groups is 2. The number of benzene rings is 2. The summed E-state index contributed by atoms with van der Waals surface area (Å²) < 4.78 is 5.11. The van der Waals surface area contributed by atoms with Crippen LogP contribution in [0.3, 0.4) is 0 Å². The lowest BCUT2D eigenvalue weighted by molar-refractivity contribution is -0.139. The molecule has 0 saturated heterocycles. The van der Waals surface area contributed by atoms with Crippen molar-refractivity contribution in [3.63, 3.8) is 0 Å². The third-order valence-electron chi connectivity index (χ3n) is 3.64. The number of hydrazone groups is 1. The van der Waals surface area contributed by atoms with Gasteiger partial charge in [-0.15, -0.1) is 6.58 Å². The number of aromatic hydroxyl groups is 1. The third-order valence-corrected chi connectivity index (χ3v) is 3.64. The zero-order valence-corrected chi connectivity index (χ0v) is 14.9. The average molecular weight is 367 g/mol. The molecule has 7 heteroatoms. The van der Waals surface area contributed by atoms with E-state index in [-0.39, 0.29) is 18.0 Å². The molecule has 7 nitrogen and oxygen atoms in total. The molecule has 3 N–H and O–H groups in total. The number of hydrogen-bond donors (Lipinski definition) is 3. The first-order valence-corrected chi connectivity index (χ1v) is 8.21. The molecule has 0 aliphatic heterocycles. The van der Waals surface area contributed by atoms with E-state index in [0.717, 1.165) is 5.56 Å². The largest absolute Gasteiger partial charge is 0.504 e. The van der Waals surface area contributed by atoms with Crippen LogP contribution in [0.25, 0.3) is 0 Å². The predicted molar refractivity (Wildman–Crippen MR) is 103 cm³/mol. The zero-order valence-electron chi connectivity index (χ0n) is 14.9. The number of allylic oxidation sites excluding steroid dienone is 1. The number of ether oxygens (including phenoxy) is 1. The van der Waals surface area contributed by atoms with Gasteiger partial charge in [-0.25, -0.2) is 5.43 Å². The van der Waals surface area contributed by atoms with Crippen molar-refractivity contribution >= 4 is 18.0 Å². The standard InChI is InChI=1S/C20H21N3O4/c1-3-7-16-10-15(11-17(27-2)18(16)24)13-22-23-20(26)19(25)21-12-14-8-5-4-6-9-14/h3-6,8-11,13,24H,1,7,12H2,2H3,(H,21,25)(H,23,26)/b22-13+. The van der Waals surface area contributed by atoms with Crippen LogP contribution in [-0.2, 0) is 22.6 Å². The maximum Gasteiger partial charge on any atom is 0.329 e. The van der Waals surface area contributed by atoms with E-state index in [4.69, 9.17) is 4.74 Å². The number of phenolic OH excluding ortho intramolecular Hbond substituents is 1. The molecule has 0 radical (unpaired) electrons. The molecule has 0 spiro atoms. The van der Waals surface area contributed by atoms with Gasteiger partial charge in [0.25, 0.3) is 0 Å². The number of phenols is 1. The molecule has 0 fully saturated rings. The van der Waals surface area contributed by atoms with Crippen LogP contribution < -0.4 is 15.5 Å². The second-order valence-electron chi connectivity index (χ2n) is 5.59. The summed E-state index contributed by atoms with van der Waals surface area (Å²) in [5, 5.41) is 16.3. The molecule has 0 aliphatic carbocycles. The Labute approximate surface area is 157 Å². The van der Waals surface area contributed by atoms with Crippen LogP contribution in [0.4, 0.5) is 0 Å². The molecule has 0 atom stereocenters. The molecule has 0 aromatic heterocycles. The molecule has 2 aromatic rings. The van der Waals surface area contributed by atoms with Crippen molar-refractivity contribution in [2.45, 2.75) is 13.0 Å². The SMILES string of the molecule is C=CCc1cc(/C=N/NC(=O)C(=O)NCc2ccccc2)cc(OC)c1O. The number of nitrogens with one attached hydrogen (secondary N) is 2. The summed E-state index contributed by atoms with van der Waals surface area (Å²) in [5.41, 5.74) is 4.25. The normalized spacial score (nSPS) is 10.4. The molecule has 2 rings (SSSR count). The first-order chi connectivity index (χ1) is 13.0. The Kier molecular flexibility index (Phi) is 7.13. The van der Waals surface area contributed by atoms with Gasteiger partial charge in [-0.3, -0.25) is 9.59 Å². The fourth-order valence-electron chi connectivity index (χ4n) is 2.31. The van der Waals surface area contributed by atoms with Gasteiger partial charge in [-0.2, -0.15) is 5.10 Å². The van der Waals surface area contributed by atoms with E-state index < -0.39 is 11.8 Å². The van der Waals surface area contributed by atoms with Crippen LogP contribution in [0.5, 0.6) is 11.5 Å². The summed E-state index contributed by atoms with van der Waals surface area (Å²) >= 11 is 0. The van der Waals surface area contributed by atoms with Crippen molar-refractivity contribution in [3.8, 4) is 11.5 Å². The van der Waals surface area contributed by atoms with E-state index in [1.807, 2.05) is 30.3 Å². The van der Waals surface area contributed by atoms with Gasteiger partial charge in [0.15, 0.2) is 11.5 Å². The topological polar surface area (TPSA) is 100 Å². The molecule has 2 aromatic carbocycles. The van der Waals surface area contributed by atoms with Crippen LogP contribution in [-0.4, -0.2) is 30.2 Å². The summed E-state index contributed by atoms with van der Waals surface area (Å²) in [4.78, 5) is 23.6. The van der Waals surface area contributed by atoms with Gasteiger partial charge >= 0.3 is 11.8 Å². The number of carbonyl (C=O) groups excluding carboxylic acids is 2. The summed E-state index contributed by atoms with van der Waals surface area (Å²) in [5.74, 6) is -1.35. The van der Waals surface area contributed by atoms with E-state index in [1.54, 1.807) is 18.2 Å². The van der Waals surface area contributed by atoms with Gasteiger partial charge in [0.05, 0.1) is 13.3 Å². The Hall–Kier alpha value is -3.61. The van der Waals surface area contributed by atoms with Crippen LogP contribution in [0.1, 0.15) is 16.7 Å². The lowest BCUT2D eigenvalue weighted by Gasteiger charge is -2.09. The second-order valence-corrected chi connectivity index (χ2v) is 5.59. The maximum absolute atomic E-state index is 11.8. The predicted octanol–water partition coefficient (Wildman–Crippen LogP) is 1.90. The minimum Gasteiger partial charge on any atom is -0.504 e. The molecule has 0 saturated carbocycles. The van der Waals surface area contributed by atoms with Crippen LogP contribution in [0.2, 0.25) is 0 Å². The minimum absolute atomic E-state index is 0.0267. The number of amides is 2. The number of methoxy groups -OCH3 is 1. The highest BCUT2D eigenvalue weighted by Crippen LogP contribution is 2.31. The van der Waals surface area contributed by atoms with E-state index in [2.05, 4.69) is 22.4 Å². The smallest absolute Gasteiger partial charge is 0.329 e. The Bertz CT molecular complexity index is 848. The molecular formula is C20H21N3O4. The van der Waals surface area contributed by atoms with Gasteiger partial charge in [0, 0.05) is 12.1 Å². The van der Waals surface area contributed by atoms with Crippen LogP contribution in [0.15, 0.2) is 60.2 Å². The number of hydrogen-bond acceptors (Lipinski definition) is 5. The van der Waals surface area contributed by atoms with Crippen molar-refractivity contribution in [2.75, 3.05) is 7.11 Å². The fourth-order valence-corrected chi connectivity index (χ4v) is 2.31. The fraction of sp³-hybridized carbons (Fsp3) is 0.150. The molecule has 0 unspecified atom stereocenters. The average Bonchev–Trinajstić information content (AvgIpc) is 2.69. The van der Waals surface area contributed by atoms with E-state index in [9.17, 15) is 14.7 Å². The van der Waals surface area contributed by atoms with E-state index in [0.29, 0.717) is 17.5 Å². The van der Waals surface area contributed by atoms with Gasteiger partial charge in [-0.05, 0) is 29.7 Å². The zero-order chi connectivity index (χ0) is 19.6. The van der Waals surface area contributed by atoms with E-state index in [1.165, 1.54) is 13.3 Å². The van der Waals surface area contributed by atoms with E-state index >= 15 is 0 Å². The van der Waals surface area contributed by atoms with Gasteiger partial charge in [0.2, 0.25) is 0 Å².